The van der Waals surface area contributed by atoms with E-state index in [1.807, 2.05) is 109 Å². The number of nitrogens with two attached hydrogens (primary N) is 2. The normalized spacial score (nSPS) is 23.3. The van der Waals surface area contributed by atoms with Crippen LogP contribution in [-0.4, -0.2) is 174 Å². The van der Waals surface area contributed by atoms with Crippen LogP contribution in [0, 0.1) is 0 Å². The number of carbonyl (C=O) groups excluding carboxylic acids is 2. The van der Waals surface area contributed by atoms with Gasteiger partial charge in [-0.15, -0.1) is 0 Å². The number of ether oxygens (including phenoxy) is 2. The molecule has 0 spiro atoms. The number of fused-ring (bicyclic) bond motifs is 2. The van der Waals surface area contributed by atoms with Crippen molar-refractivity contribution in [3.05, 3.63) is 133 Å². The molecule has 8 heterocycles. The number of rotatable bonds is 10. The minimum atomic E-state index is -0.833. The first-order valence-corrected chi connectivity index (χ1v) is 30.1. The number of piperazine rings is 2. The van der Waals surface area contributed by atoms with Crippen molar-refractivity contribution >= 4 is 63.2 Å². The van der Waals surface area contributed by atoms with E-state index in [0.29, 0.717) is 36.8 Å². The molecule has 6 fully saturated rings. The van der Waals surface area contributed by atoms with Crippen LogP contribution < -0.4 is 21.3 Å². The summed E-state index contributed by atoms with van der Waals surface area (Å²) in [5.74, 6) is 0.0283. The van der Waals surface area contributed by atoms with Gasteiger partial charge in [0.25, 0.3) is 5.97 Å². The largest absolute Gasteiger partial charge is 0.481 e. The topological polar surface area (TPSA) is 249 Å². The minimum Gasteiger partial charge on any atom is -0.481 e. The summed E-state index contributed by atoms with van der Waals surface area (Å²) in [5, 5.41) is 19.2. The van der Waals surface area contributed by atoms with Gasteiger partial charge in [-0.1, -0.05) is 84.9 Å². The molecule has 448 valence electrons. The zero-order chi connectivity index (χ0) is 59.4. The minimum absolute atomic E-state index is 0.276. The lowest BCUT2D eigenvalue weighted by molar-refractivity contribution is -0.134. The van der Waals surface area contributed by atoms with Gasteiger partial charge in [0.1, 0.15) is 47.9 Å². The Balaban J connectivity index is 0.000000159. The molecule has 5 N–H and O–H groups in total. The quantitative estimate of drug-likeness (QED) is 0.115. The van der Waals surface area contributed by atoms with Gasteiger partial charge in [-0.2, -0.15) is 10.2 Å². The number of carbonyl (C=O) groups is 3. The van der Waals surface area contributed by atoms with E-state index in [2.05, 4.69) is 63.0 Å². The first-order valence-electron chi connectivity index (χ1n) is 30.1. The van der Waals surface area contributed by atoms with Crippen LogP contribution in [0.1, 0.15) is 93.7 Å². The molecular formula is C64H76N16O6. The van der Waals surface area contributed by atoms with Crippen LogP contribution in [0.4, 0.5) is 32.6 Å². The van der Waals surface area contributed by atoms with Crippen LogP contribution in [0.5, 0.6) is 0 Å². The molecule has 8 aromatic rings. The van der Waals surface area contributed by atoms with E-state index in [1.54, 1.807) is 9.80 Å². The van der Waals surface area contributed by atoms with Gasteiger partial charge in [0.05, 0.1) is 35.9 Å². The highest BCUT2D eigenvalue weighted by Gasteiger charge is 2.37. The van der Waals surface area contributed by atoms with Gasteiger partial charge >= 0.3 is 12.2 Å². The molecule has 22 heteroatoms. The lowest BCUT2D eigenvalue weighted by Gasteiger charge is -2.41. The summed E-state index contributed by atoms with van der Waals surface area (Å²) in [4.78, 5) is 65.8. The average molecular weight is 1170 g/mol. The number of carboxylic acid groups (broad SMARTS) is 1. The number of amides is 2. The second-order valence-electron chi connectivity index (χ2n) is 23.5. The Labute approximate surface area is 500 Å². The molecule has 0 bridgehead atoms. The summed E-state index contributed by atoms with van der Waals surface area (Å²) in [6.07, 6.45) is 10.7. The Morgan fingerprint density at radius 1 is 0.488 bits per heavy atom. The van der Waals surface area contributed by atoms with Crippen molar-refractivity contribution in [3.63, 3.8) is 0 Å². The summed E-state index contributed by atoms with van der Waals surface area (Å²) in [7, 11) is 4.41. The van der Waals surface area contributed by atoms with Crippen LogP contribution in [0.15, 0.2) is 122 Å². The molecule has 2 unspecified atom stereocenters. The maximum absolute atomic E-state index is 12.7. The van der Waals surface area contributed by atoms with Crippen LogP contribution in [0.25, 0.3) is 44.6 Å². The first kappa shape index (κ1) is 57.8. The molecule has 86 heavy (non-hydrogen) atoms. The van der Waals surface area contributed by atoms with E-state index in [9.17, 15) is 9.59 Å². The molecule has 6 aliphatic rings. The van der Waals surface area contributed by atoms with Crippen molar-refractivity contribution in [2.24, 2.45) is 0 Å². The molecule has 0 radical (unpaired) electrons. The van der Waals surface area contributed by atoms with Crippen molar-refractivity contribution in [3.8, 4) is 22.5 Å². The fourth-order valence-corrected chi connectivity index (χ4v) is 13.2. The Bertz CT molecular complexity index is 3390. The zero-order valence-corrected chi connectivity index (χ0v) is 49.1. The number of carboxylic acids is 1. The van der Waals surface area contributed by atoms with E-state index in [1.165, 1.54) is 12.7 Å². The van der Waals surface area contributed by atoms with Gasteiger partial charge in [0, 0.05) is 93.9 Å². The van der Waals surface area contributed by atoms with Crippen molar-refractivity contribution in [1.29, 1.82) is 0 Å². The number of aliphatic carboxylic acids is 1. The van der Waals surface area contributed by atoms with Gasteiger partial charge in [-0.05, 0) is 101 Å². The standard InChI is InChI=1S/2C31H36N8O2.C2H4O2/c2*1-36-15-17-37(18-16-36)23-11-13-25(14-12-23)39-30-27(29(32)33-20-34-30)28(35-39)22-7-9-24(10-8-22)38-19-26(41-31(38)40)21-5-3-2-4-6-21;1-2(3)4/h2*2-10,20,23,25-26H,11-19H2,1H3,(H2,32,33,34);1H3,(H,3,4)/t23-,25+,26?;23-,25-,26?;. The monoisotopic (exact) mass is 1160 g/mol. The second kappa shape index (κ2) is 25.6. The Hall–Kier alpha value is -8.57. The summed E-state index contributed by atoms with van der Waals surface area (Å²) >= 11 is 0. The SMILES string of the molecule is CC(=O)O.CN1CCN([C@H]2CC[C@@H](n3nc(-c4ccc(N5CC(c6ccccc6)OC5=O)cc4)c4c(N)ncnc43)CC2)CC1.CN1CCN([C@H]2CC[C@H](n3nc(-c4ccc(N5CC(c6ccccc6)OC5=O)cc4)c4c(N)ncnc43)CC2)CC1. The van der Waals surface area contributed by atoms with Gasteiger partial charge in [0.15, 0.2) is 11.3 Å². The molecule has 4 aromatic carbocycles. The summed E-state index contributed by atoms with van der Waals surface area (Å²) in [6.45, 7) is 11.2. The molecule has 22 nitrogen and oxygen atoms in total. The van der Waals surface area contributed by atoms with Gasteiger partial charge in [-0.3, -0.25) is 24.4 Å². The van der Waals surface area contributed by atoms with E-state index in [0.717, 1.165) is 178 Å². The number of benzene rings is 4. The third-order valence-corrected chi connectivity index (χ3v) is 18.0. The van der Waals surface area contributed by atoms with Crippen molar-refractivity contribution < 1.29 is 29.0 Å². The number of aromatic nitrogens is 8. The van der Waals surface area contributed by atoms with Crippen LogP contribution in [0.3, 0.4) is 0 Å². The van der Waals surface area contributed by atoms with Crippen molar-refractivity contribution in [2.45, 2.75) is 94.7 Å². The highest BCUT2D eigenvalue weighted by atomic mass is 16.6. The van der Waals surface area contributed by atoms with Crippen molar-refractivity contribution in [2.75, 3.05) is 101 Å². The third kappa shape index (κ3) is 12.4. The molecule has 2 atom stereocenters. The molecule has 4 aliphatic heterocycles. The summed E-state index contributed by atoms with van der Waals surface area (Å²) < 4.78 is 15.5. The predicted molar refractivity (Wildman–Crippen MR) is 330 cm³/mol. The van der Waals surface area contributed by atoms with E-state index >= 15 is 0 Å². The number of anilines is 4. The Kier molecular flexibility index (Phi) is 17.2. The molecule has 2 amide bonds. The Morgan fingerprint density at radius 2 is 0.826 bits per heavy atom. The van der Waals surface area contributed by atoms with E-state index in [-0.39, 0.29) is 36.5 Å². The van der Waals surface area contributed by atoms with Gasteiger partial charge < -0.3 is 35.8 Å². The smallest absolute Gasteiger partial charge is 0.415 e. The number of cyclic esters (lactones) is 2. The summed E-state index contributed by atoms with van der Waals surface area (Å²) in [6, 6.07) is 37.2. The number of hydrogen-bond donors (Lipinski definition) is 3. The number of nitrogens with zero attached hydrogens (tertiary/aromatic N) is 14. The van der Waals surface area contributed by atoms with Crippen LogP contribution >= 0.6 is 0 Å². The highest BCUT2D eigenvalue weighted by molar-refractivity contribution is 6.00. The van der Waals surface area contributed by atoms with Crippen molar-refractivity contribution in [1.82, 2.24) is 59.1 Å². The average Bonchev–Trinajstić information content (AvgIpc) is 4.39. The fraction of sp³-hybridized carbons (Fsp3) is 0.422. The molecule has 2 aliphatic carbocycles. The number of hydrogen-bond acceptors (Lipinski definition) is 17. The van der Waals surface area contributed by atoms with Crippen LogP contribution in [0.2, 0.25) is 0 Å². The lowest BCUT2D eigenvalue weighted by Crippen LogP contribution is -2.49. The molecule has 14 rings (SSSR count). The Morgan fingerprint density at radius 3 is 1.17 bits per heavy atom. The van der Waals surface area contributed by atoms with E-state index < -0.39 is 5.97 Å². The third-order valence-electron chi connectivity index (χ3n) is 18.0. The summed E-state index contributed by atoms with van der Waals surface area (Å²) in [5.41, 5.74) is 21.3. The molecular weight excluding hydrogens is 1090 g/mol. The first-order chi connectivity index (χ1) is 41.8. The van der Waals surface area contributed by atoms with E-state index in [4.69, 9.17) is 41.0 Å². The second-order valence-corrected chi connectivity index (χ2v) is 23.5. The molecule has 4 saturated heterocycles. The fourth-order valence-electron chi connectivity index (χ4n) is 13.2. The predicted octanol–water partition coefficient (Wildman–Crippen LogP) is 9.10. The van der Waals surface area contributed by atoms with Crippen LogP contribution in [-0.2, 0) is 14.3 Å². The highest BCUT2D eigenvalue weighted by Crippen LogP contribution is 2.41. The number of nitrogen functional groups attached to an aromatic ring is 2. The molecule has 2 saturated carbocycles. The lowest BCUT2D eigenvalue weighted by atomic mass is 9.90. The number of likely N-dealkylation sites (N-methyl/N-ethyl adjacent to an activating group) is 2. The maximum Gasteiger partial charge on any atom is 0.415 e. The maximum atomic E-state index is 12.7. The zero-order valence-electron chi connectivity index (χ0n) is 49.1. The van der Waals surface area contributed by atoms with Gasteiger partial charge in [0.2, 0.25) is 0 Å². The van der Waals surface area contributed by atoms with Gasteiger partial charge in [-0.25, -0.2) is 38.9 Å². The molecule has 4 aromatic heterocycles.